The molecule has 3 aromatic carbocycles. The number of nitrogens with one attached hydrogen (secondary N) is 3. The fraction of sp³-hybridized carbons (Fsp3) is 0.206. The Morgan fingerprint density at radius 1 is 0.958 bits per heavy atom. The fourth-order valence-corrected chi connectivity index (χ4v) is 5.51. The zero-order valence-electron chi connectivity index (χ0n) is 25.3. The number of imidazole rings is 1. The molecule has 4 heterocycles. The van der Waals surface area contributed by atoms with Crippen molar-refractivity contribution in [2.24, 2.45) is 0 Å². The molecule has 246 valence electrons. The van der Waals surface area contributed by atoms with Gasteiger partial charge in [-0.25, -0.2) is 23.8 Å². The molecule has 14 heteroatoms. The number of rotatable bonds is 6. The first-order valence-corrected chi connectivity index (χ1v) is 15.0. The lowest BCUT2D eigenvalue weighted by Gasteiger charge is -2.20. The van der Waals surface area contributed by atoms with E-state index in [9.17, 15) is 22.4 Å². The number of H-pyrrole nitrogens is 1. The van der Waals surface area contributed by atoms with E-state index in [1.54, 1.807) is 23.0 Å². The number of amides is 1. The van der Waals surface area contributed by atoms with E-state index in [2.05, 4.69) is 20.7 Å². The van der Waals surface area contributed by atoms with Crippen molar-refractivity contribution in [1.82, 2.24) is 30.0 Å². The van der Waals surface area contributed by atoms with Gasteiger partial charge in [0.05, 0.1) is 40.4 Å². The average molecular weight is 660 g/mol. The van der Waals surface area contributed by atoms with Crippen molar-refractivity contribution < 1.29 is 32.3 Å². The van der Waals surface area contributed by atoms with Crippen LogP contribution in [-0.4, -0.2) is 61.0 Å². The number of pyridine rings is 1. The third-order valence-corrected chi connectivity index (χ3v) is 7.87. The summed E-state index contributed by atoms with van der Waals surface area (Å²) in [4.78, 5) is 35.8. The number of nitrogens with zero attached hydrogens (tertiary/aromatic N) is 4. The minimum atomic E-state index is -5.08. The van der Waals surface area contributed by atoms with E-state index in [1.165, 1.54) is 12.1 Å². The zero-order chi connectivity index (χ0) is 33.8. The number of hydrogen-bond acceptors (Lipinski definition) is 6. The third-order valence-electron chi connectivity index (χ3n) is 7.87. The number of carboxylic acid groups (broad SMARTS) is 1. The summed E-state index contributed by atoms with van der Waals surface area (Å²) in [5.74, 6) is -1.93. The Hall–Kier alpha value is -5.63. The van der Waals surface area contributed by atoms with Crippen molar-refractivity contribution >= 4 is 39.6 Å². The number of carbonyl (C=O) groups excluding carboxylic acids is 1. The number of aromatic nitrogens is 5. The number of aliphatic carboxylic acids is 1. The van der Waals surface area contributed by atoms with Gasteiger partial charge in [0.1, 0.15) is 11.6 Å². The van der Waals surface area contributed by atoms with Gasteiger partial charge >= 0.3 is 12.1 Å². The highest BCUT2D eigenvalue weighted by atomic mass is 19.4. The van der Waals surface area contributed by atoms with Crippen LogP contribution in [0.25, 0.3) is 33.3 Å². The van der Waals surface area contributed by atoms with E-state index < -0.39 is 12.1 Å². The molecule has 10 nitrogen and oxygen atoms in total. The SMILES string of the molecule is O=C(Nc1ccc2nc(C3CCNCC3)[nH]c2c1)c1cc(-c2ccccc2)nc2c1cnn2Cc1cccc(F)c1.O=C(O)C(F)(F)F. The van der Waals surface area contributed by atoms with Crippen molar-refractivity contribution in [3.05, 3.63) is 108 Å². The van der Waals surface area contributed by atoms with Crippen molar-refractivity contribution in [2.45, 2.75) is 31.5 Å². The Labute approximate surface area is 270 Å². The van der Waals surface area contributed by atoms with Gasteiger partial charge in [0, 0.05) is 17.2 Å². The summed E-state index contributed by atoms with van der Waals surface area (Å²) in [6.45, 7) is 2.31. The molecule has 1 amide bonds. The lowest BCUT2D eigenvalue weighted by Crippen LogP contribution is -2.27. The number of fused-ring (bicyclic) bond motifs is 2. The van der Waals surface area contributed by atoms with E-state index in [-0.39, 0.29) is 11.7 Å². The number of piperidine rings is 1. The summed E-state index contributed by atoms with van der Waals surface area (Å²) in [7, 11) is 0. The Bertz CT molecular complexity index is 2090. The van der Waals surface area contributed by atoms with Crippen LogP contribution >= 0.6 is 0 Å². The first-order valence-electron chi connectivity index (χ1n) is 15.0. The number of hydrogen-bond donors (Lipinski definition) is 4. The molecule has 1 aliphatic heterocycles. The highest BCUT2D eigenvalue weighted by Crippen LogP contribution is 2.29. The first kappa shape index (κ1) is 32.3. The molecule has 0 unspecified atom stereocenters. The number of alkyl halides is 3. The maximum absolute atomic E-state index is 13.9. The van der Waals surface area contributed by atoms with Gasteiger partial charge in [0.15, 0.2) is 5.65 Å². The highest BCUT2D eigenvalue weighted by molar-refractivity contribution is 6.13. The fourth-order valence-electron chi connectivity index (χ4n) is 5.51. The number of carbonyl (C=O) groups is 2. The standard InChI is InChI=1S/C32H28FN7O.C2HF3O2/c33-23-8-4-5-20(15-23)19-40-31-26(18-35-40)25(17-28(39-31)21-6-2-1-3-7-21)32(41)36-24-9-10-27-29(16-24)38-30(37-27)22-11-13-34-14-12-22;3-2(4,5)1(6)7/h1-10,15-18,22,34H,11-14,19H2,(H,36,41)(H,37,38);(H,6,7). The predicted octanol–water partition coefficient (Wildman–Crippen LogP) is 6.51. The quantitative estimate of drug-likeness (QED) is 0.150. The van der Waals surface area contributed by atoms with Crippen molar-refractivity contribution in [3.63, 3.8) is 0 Å². The summed E-state index contributed by atoms with van der Waals surface area (Å²) >= 11 is 0. The summed E-state index contributed by atoms with van der Waals surface area (Å²) in [5, 5.41) is 18.7. The summed E-state index contributed by atoms with van der Waals surface area (Å²) in [6.07, 6.45) is -1.33. The monoisotopic (exact) mass is 659 g/mol. The lowest BCUT2D eigenvalue weighted by atomic mass is 9.98. The topological polar surface area (TPSA) is 138 Å². The van der Waals surface area contributed by atoms with Crippen LogP contribution in [0.1, 0.15) is 40.5 Å². The Morgan fingerprint density at radius 3 is 2.42 bits per heavy atom. The largest absolute Gasteiger partial charge is 0.490 e. The Kier molecular flexibility index (Phi) is 9.17. The second-order valence-electron chi connectivity index (χ2n) is 11.2. The molecule has 0 aliphatic carbocycles. The molecule has 6 aromatic rings. The first-order chi connectivity index (χ1) is 23.0. The van der Waals surface area contributed by atoms with Gasteiger partial charge in [0.2, 0.25) is 0 Å². The molecule has 3 aromatic heterocycles. The molecular formula is C34H29F4N7O3. The average Bonchev–Trinajstić information content (AvgIpc) is 3.69. The van der Waals surface area contributed by atoms with Gasteiger partial charge in [-0.2, -0.15) is 18.3 Å². The number of benzene rings is 3. The molecule has 1 aliphatic rings. The molecule has 0 bridgehead atoms. The molecule has 0 spiro atoms. The zero-order valence-corrected chi connectivity index (χ0v) is 25.3. The molecule has 0 radical (unpaired) electrons. The smallest absolute Gasteiger partial charge is 0.475 e. The summed E-state index contributed by atoms with van der Waals surface area (Å²) in [5.41, 5.74) is 5.74. The van der Waals surface area contributed by atoms with Crippen LogP contribution < -0.4 is 10.6 Å². The van der Waals surface area contributed by atoms with Gasteiger partial charge in [-0.15, -0.1) is 0 Å². The second-order valence-corrected chi connectivity index (χ2v) is 11.2. The van der Waals surface area contributed by atoms with E-state index in [4.69, 9.17) is 19.9 Å². The van der Waals surface area contributed by atoms with E-state index in [0.717, 1.165) is 53.9 Å². The molecule has 1 fully saturated rings. The van der Waals surface area contributed by atoms with Crippen molar-refractivity contribution in [2.75, 3.05) is 18.4 Å². The van der Waals surface area contributed by atoms with E-state index >= 15 is 0 Å². The molecule has 4 N–H and O–H groups in total. The third kappa shape index (κ3) is 7.33. The maximum atomic E-state index is 13.9. The van der Waals surface area contributed by atoms with Crippen LogP contribution in [0.15, 0.2) is 85.1 Å². The Balaban J connectivity index is 0.000000519. The number of carboxylic acids is 1. The minimum absolute atomic E-state index is 0.266. The van der Waals surface area contributed by atoms with Crippen LogP contribution in [0.2, 0.25) is 0 Å². The van der Waals surface area contributed by atoms with E-state index in [0.29, 0.717) is 40.4 Å². The van der Waals surface area contributed by atoms with Gasteiger partial charge in [-0.3, -0.25) is 4.79 Å². The predicted molar refractivity (Wildman–Crippen MR) is 171 cm³/mol. The maximum Gasteiger partial charge on any atom is 0.490 e. The van der Waals surface area contributed by atoms with Crippen molar-refractivity contribution in [1.29, 1.82) is 0 Å². The summed E-state index contributed by atoms with van der Waals surface area (Å²) in [6, 6.07) is 23.6. The van der Waals surface area contributed by atoms with Crippen LogP contribution in [-0.2, 0) is 11.3 Å². The normalized spacial score (nSPS) is 13.7. The molecule has 0 saturated carbocycles. The number of halogens is 4. The highest BCUT2D eigenvalue weighted by Gasteiger charge is 2.38. The molecule has 7 rings (SSSR count). The van der Waals surface area contributed by atoms with Crippen LogP contribution in [0.4, 0.5) is 23.2 Å². The van der Waals surface area contributed by atoms with Gasteiger partial charge in [-0.05, 0) is 67.9 Å². The number of anilines is 1. The number of aromatic amines is 1. The van der Waals surface area contributed by atoms with Crippen LogP contribution in [0.5, 0.6) is 0 Å². The van der Waals surface area contributed by atoms with Gasteiger partial charge in [-0.1, -0.05) is 42.5 Å². The minimum Gasteiger partial charge on any atom is -0.475 e. The van der Waals surface area contributed by atoms with E-state index in [1.807, 2.05) is 54.6 Å². The molecule has 0 atom stereocenters. The molecular weight excluding hydrogens is 630 g/mol. The van der Waals surface area contributed by atoms with Gasteiger partial charge < -0.3 is 20.7 Å². The van der Waals surface area contributed by atoms with Crippen LogP contribution in [0.3, 0.4) is 0 Å². The van der Waals surface area contributed by atoms with Gasteiger partial charge in [0.25, 0.3) is 5.91 Å². The van der Waals surface area contributed by atoms with Crippen molar-refractivity contribution in [3.8, 4) is 11.3 Å². The van der Waals surface area contributed by atoms with Crippen LogP contribution in [0, 0.1) is 5.82 Å². The Morgan fingerprint density at radius 2 is 1.71 bits per heavy atom. The molecule has 48 heavy (non-hydrogen) atoms. The summed E-state index contributed by atoms with van der Waals surface area (Å²) < 4.78 is 47.3. The second kappa shape index (κ2) is 13.6. The molecule has 1 saturated heterocycles. The lowest BCUT2D eigenvalue weighted by molar-refractivity contribution is -0.192.